The maximum Gasteiger partial charge on any atom is 0.257 e. The molecule has 1 unspecified atom stereocenters. The van der Waals surface area contributed by atoms with Gasteiger partial charge in [-0.05, 0) is 31.9 Å². The summed E-state index contributed by atoms with van der Waals surface area (Å²) in [5.74, 6) is 1.53. The Morgan fingerprint density at radius 1 is 1.29 bits per heavy atom. The van der Waals surface area contributed by atoms with E-state index in [1.54, 1.807) is 25.1 Å². The van der Waals surface area contributed by atoms with Gasteiger partial charge in [0.1, 0.15) is 11.5 Å². The molecule has 24 heavy (non-hydrogen) atoms. The lowest BCUT2D eigenvalue weighted by Gasteiger charge is -2.26. The second-order valence-corrected chi connectivity index (χ2v) is 6.03. The highest BCUT2D eigenvalue weighted by atomic mass is 16.5. The minimum atomic E-state index is 0.0120. The molecule has 1 fully saturated rings. The van der Waals surface area contributed by atoms with E-state index in [1.165, 1.54) is 0 Å². The van der Waals surface area contributed by atoms with Gasteiger partial charge in [0.25, 0.3) is 5.91 Å². The van der Waals surface area contributed by atoms with Gasteiger partial charge in [-0.3, -0.25) is 9.48 Å². The SMILES string of the molecule is COc1ccc(C2CCCN2C(=O)c2cnn(C)c2C)c(OC)c1. The van der Waals surface area contributed by atoms with Crippen molar-refractivity contribution >= 4 is 5.91 Å². The third-order valence-electron chi connectivity index (χ3n) is 4.78. The minimum absolute atomic E-state index is 0.0120. The van der Waals surface area contributed by atoms with Crippen molar-refractivity contribution < 1.29 is 14.3 Å². The molecule has 6 nitrogen and oxygen atoms in total. The zero-order valence-corrected chi connectivity index (χ0v) is 14.6. The summed E-state index contributed by atoms with van der Waals surface area (Å²) in [5.41, 5.74) is 2.56. The number of hydrogen-bond acceptors (Lipinski definition) is 4. The number of aryl methyl sites for hydroxylation is 1. The van der Waals surface area contributed by atoms with Crippen LogP contribution < -0.4 is 9.47 Å². The lowest BCUT2D eigenvalue weighted by Crippen LogP contribution is -2.31. The van der Waals surface area contributed by atoms with E-state index in [1.807, 2.05) is 37.1 Å². The van der Waals surface area contributed by atoms with Gasteiger partial charge >= 0.3 is 0 Å². The van der Waals surface area contributed by atoms with Crippen LogP contribution in [0.2, 0.25) is 0 Å². The maximum absolute atomic E-state index is 13.0. The molecule has 0 bridgehead atoms. The first kappa shape index (κ1) is 16.4. The van der Waals surface area contributed by atoms with Crippen molar-refractivity contribution in [1.82, 2.24) is 14.7 Å². The number of aromatic nitrogens is 2. The van der Waals surface area contributed by atoms with Crippen LogP contribution in [-0.2, 0) is 7.05 Å². The highest BCUT2D eigenvalue weighted by molar-refractivity contribution is 5.95. The molecule has 1 aliphatic rings. The molecule has 2 heterocycles. The number of nitrogens with zero attached hydrogens (tertiary/aromatic N) is 3. The molecule has 1 aliphatic heterocycles. The van der Waals surface area contributed by atoms with Gasteiger partial charge in [-0.25, -0.2) is 0 Å². The molecule has 1 aromatic heterocycles. The number of rotatable bonds is 4. The van der Waals surface area contributed by atoms with Crippen molar-refractivity contribution in [2.75, 3.05) is 20.8 Å². The van der Waals surface area contributed by atoms with E-state index in [9.17, 15) is 4.79 Å². The van der Waals surface area contributed by atoms with E-state index in [4.69, 9.17) is 9.47 Å². The van der Waals surface area contributed by atoms with Gasteiger partial charge in [-0.1, -0.05) is 0 Å². The van der Waals surface area contributed by atoms with Gasteiger partial charge in [0.15, 0.2) is 0 Å². The van der Waals surface area contributed by atoms with E-state index >= 15 is 0 Å². The Morgan fingerprint density at radius 3 is 2.71 bits per heavy atom. The number of likely N-dealkylation sites (tertiary alicyclic amines) is 1. The first-order valence-electron chi connectivity index (χ1n) is 8.08. The first-order valence-corrected chi connectivity index (χ1v) is 8.08. The first-order chi connectivity index (χ1) is 11.6. The fourth-order valence-corrected chi connectivity index (χ4v) is 3.29. The van der Waals surface area contributed by atoms with Crippen LogP contribution in [0, 0.1) is 6.92 Å². The van der Waals surface area contributed by atoms with Crippen LogP contribution in [0.15, 0.2) is 24.4 Å². The summed E-state index contributed by atoms with van der Waals surface area (Å²) in [7, 11) is 5.12. The Bertz CT molecular complexity index is 754. The third-order valence-corrected chi connectivity index (χ3v) is 4.78. The quantitative estimate of drug-likeness (QED) is 0.865. The van der Waals surface area contributed by atoms with E-state index < -0.39 is 0 Å². The standard InChI is InChI=1S/C18H23N3O3/c1-12-15(11-19-20(12)2)18(22)21-9-5-6-16(21)14-8-7-13(23-3)10-17(14)24-4/h7-8,10-11,16H,5-6,9H2,1-4H3. The number of carbonyl (C=O) groups excluding carboxylic acids is 1. The zero-order chi connectivity index (χ0) is 17.3. The fraction of sp³-hybridized carbons (Fsp3) is 0.444. The number of hydrogen-bond donors (Lipinski definition) is 0. The van der Waals surface area contributed by atoms with Crippen LogP contribution in [0.25, 0.3) is 0 Å². The summed E-state index contributed by atoms with van der Waals surface area (Å²) in [6.45, 7) is 2.66. The fourth-order valence-electron chi connectivity index (χ4n) is 3.29. The van der Waals surface area contributed by atoms with Crippen molar-refractivity contribution in [3.8, 4) is 11.5 Å². The lowest BCUT2D eigenvalue weighted by atomic mass is 10.0. The van der Waals surface area contributed by atoms with E-state index in [0.717, 1.165) is 42.1 Å². The predicted octanol–water partition coefficient (Wildman–Crippen LogP) is 2.72. The maximum atomic E-state index is 13.0. The molecule has 0 saturated carbocycles. The number of carbonyl (C=O) groups is 1. The Labute approximate surface area is 142 Å². The molecule has 0 N–H and O–H groups in total. The van der Waals surface area contributed by atoms with E-state index in [2.05, 4.69) is 5.10 Å². The van der Waals surface area contributed by atoms with Crippen molar-refractivity contribution in [2.24, 2.45) is 7.05 Å². The Hall–Kier alpha value is -2.50. The zero-order valence-electron chi connectivity index (χ0n) is 14.6. The summed E-state index contributed by atoms with van der Waals surface area (Å²) >= 11 is 0. The van der Waals surface area contributed by atoms with Crippen LogP contribution in [0.3, 0.4) is 0 Å². The molecule has 1 aromatic carbocycles. The summed E-state index contributed by atoms with van der Waals surface area (Å²) in [5, 5.41) is 4.19. The molecule has 0 aliphatic carbocycles. The smallest absolute Gasteiger partial charge is 0.257 e. The second kappa shape index (κ2) is 6.55. The number of methoxy groups -OCH3 is 2. The molecular formula is C18H23N3O3. The molecule has 0 radical (unpaired) electrons. The summed E-state index contributed by atoms with van der Waals surface area (Å²) in [6, 6.07) is 5.78. The highest BCUT2D eigenvalue weighted by Crippen LogP contribution is 2.39. The van der Waals surface area contributed by atoms with Crippen LogP contribution in [0.4, 0.5) is 0 Å². The van der Waals surface area contributed by atoms with Gasteiger partial charge in [-0.15, -0.1) is 0 Å². The Kier molecular flexibility index (Phi) is 4.46. The molecule has 1 amide bonds. The normalized spacial score (nSPS) is 17.2. The number of ether oxygens (including phenoxy) is 2. The van der Waals surface area contributed by atoms with Gasteiger partial charge in [0.2, 0.25) is 0 Å². The highest BCUT2D eigenvalue weighted by Gasteiger charge is 2.33. The molecular weight excluding hydrogens is 306 g/mol. The topological polar surface area (TPSA) is 56.6 Å². The Morgan fingerprint density at radius 2 is 2.08 bits per heavy atom. The van der Waals surface area contributed by atoms with Crippen LogP contribution in [0.1, 0.15) is 40.5 Å². The summed E-state index contributed by atoms with van der Waals surface area (Å²) < 4.78 is 12.5. The van der Waals surface area contributed by atoms with E-state index in [-0.39, 0.29) is 11.9 Å². The molecule has 6 heteroatoms. The van der Waals surface area contributed by atoms with Gasteiger partial charge in [-0.2, -0.15) is 5.10 Å². The van der Waals surface area contributed by atoms with Crippen LogP contribution in [0.5, 0.6) is 11.5 Å². The third kappa shape index (κ3) is 2.72. The number of benzene rings is 1. The summed E-state index contributed by atoms with van der Waals surface area (Å²) in [4.78, 5) is 14.9. The van der Waals surface area contributed by atoms with E-state index in [0.29, 0.717) is 5.56 Å². The van der Waals surface area contributed by atoms with Gasteiger partial charge < -0.3 is 14.4 Å². The van der Waals surface area contributed by atoms with Crippen molar-refractivity contribution in [2.45, 2.75) is 25.8 Å². The van der Waals surface area contributed by atoms with Crippen LogP contribution >= 0.6 is 0 Å². The van der Waals surface area contributed by atoms with Crippen molar-refractivity contribution in [3.63, 3.8) is 0 Å². The minimum Gasteiger partial charge on any atom is -0.497 e. The molecule has 1 atom stereocenters. The number of amides is 1. The van der Waals surface area contributed by atoms with Crippen molar-refractivity contribution in [3.05, 3.63) is 41.2 Å². The van der Waals surface area contributed by atoms with Gasteiger partial charge in [0.05, 0.1) is 32.0 Å². The lowest BCUT2D eigenvalue weighted by molar-refractivity contribution is 0.0733. The molecule has 128 valence electrons. The molecule has 0 spiro atoms. The molecule has 2 aromatic rings. The largest absolute Gasteiger partial charge is 0.497 e. The monoisotopic (exact) mass is 329 g/mol. The van der Waals surface area contributed by atoms with Crippen LogP contribution in [-0.4, -0.2) is 41.4 Å². The van der Waals surface area contributed by atoms with Gasteiger partial charge in [0, 0.05) is 30.9 Å². The second-order valence-electron chi connectivity index (χ2n) is 6.03. The average Bonchev–Trinajstić information content (AvgIpc) is 3.21. The average molecular weight is 329 g/mol. The summed E-state index contributed by atoms with van der Waals surface area (Å²) in [6.07, 6.45) is 3.55. The molecule has 3 rings (SSSR count). The molecule has 1 saturated heterocycles. The Balaban J connectivity index is 1.94. The van der Waals surface area contributed by atoms with Crippen molar-refractivity contribution in [1.29, 1.82) is 0 Å². The predicted molar refractivity (Wildman–Crippen MR) is 90.5 cm³/mol.